The average Bonchev–Trinajstić information content (AvgIpc) is 3.04. The van der Waals surface area contributed by atoms with Crippen molar-refractivity contribution in [3.8, 4) is 6.07 Å². The Morgan fingerprint density at radius 2 is 2.13 bits per heavy atom. The molecule has 0 bridgehead atoms. The Morgan fingerprint density at radius 1 is 1.53 bits per heavy atom. The average molecular weight is 206 g/mol. The van der Waals surface area contributed by atoms with E-state index in [-0.39, 0.29) is 17.2 Å². The van der Waals surface area contributed by atoms with Crippen LogP contribution in [-0.2, 0) is 4.79 Å². The van der Waals surface area contributed by atoms with Gasteiger partial charge in [-0.15, -0.1) is 0 Å². The molecule has 1 amide bonds. The number of nitriles is 1. The summed E-state index contributed by atoms with van der Waals surface area (Å²) in [7, 11) is 0. The lowest BCUT2D eigenvalue weighted by atomic mass is 10.1. The Bertz CT molecular complexity index is 312. The van der Waals surface area contributed by atoms with Crippen molar-refractivity contribution in [2.75, 3.05) is 6.54 Å². The first-order valence-electron chi connectivity index (χ1n) is 5.73. The van der Waals surface area contributed by atoms with Crippen molar-refractivity contribution in [1.29, 1.82) is 5.26 Å². The van der Waals surface area contributed by atoms with E-state index in [2.05, 4.69) is 19.9 Å². The smallest absolute Gasteiger partial charge is 0.226 e. The summed E-state index contributed by atoms with van der Waals surface area (Å²) >= 11 is 0. The molecule has 1 unspecified atom stereocenters. The number of rotatable bonds is 4. The molecule has 0 saturated heterocycles. The van der Waals surface area contributed by atoms with E-state index in [0.29, 0.717) is 19.0 Å². The van der Waals surface area contributed by atoms with Gasteiger partial charge in [0.15, 0.2) is 0 Å². The molecule has 0 aromatic carbocycles. The van der Waals surface area contributed by atoms with E-state index in [9.17, 15) is 4.79 Å². The zero-order chi connectivity index (χ0) is 11.1. The molecule has 1 atom stereocenters. The minimum atomic E-state index is 0.205. The van der Waals surface area contributed by atoms with Gasteiger partial charge >= 0.3 is 0 Å². The van der Waals surface area contributed by atoms with Gasteiger partial charge in [0.1, 0.15) is 0 Å². The van der Waals surface area contributed by atoms with Crippen molar-refractivity contribution in [3.05, 3.63) is 0 Å². The summed E-state index contributed by atoms with van der Waals surface area (Å²) < 4.78 is 0. The third kappa shape index (κ3) is 2.14. The third-order valence-corrected chi connectivity index (χ3v) is 3.55. The second-order valence-electron chi connectivity index (χ2n) is 5.42. The lowest BCUT2D eigenvalue weighted by molar-refractivity contribution is -0.133. The molecule has 15 heavy (non-hydrogen) atoms. The Labute approximate surface area is 91.1 Å². The Hall–Kier alpha value is -1.04. The molecule has 0 spiro atoms. The highest BCUT2D eigenvalue weighted by molar-refractivity contribution is 5.83. The molecular formula is C12H18N2O. The van der Waals surface area contributed by atoms with E-state index in [4.69, 9.17) is 5.26 Å². The molecule has 2 aliphatic rings. The van der Waals surface area contributed by atoms with Gasteiger partial charge in [-0.25, -0.2) is 0 Å². The minimum Gasteiger partial charge on any atom is -0.338 e. The van der Waals surface area contributed by atoms with Crippen LogP contribution in [0.4, 0.5) is 0 Å². The fourth-order valence-corrected chi connectivity index (χ4v) is 2.12. The number of nitrogens with zero attached hydrogens (tertiary/aromatic N) is 2. The first-order valence-corrected chi connectivity index (χ1v) is 5.73. The number of hydrogen-bond donors (Lipinski definition) is 0. The molecule has 0 heterocycles. The second kappa shape index (κ2) is 3.52. The zero-order valence-electron chi connectivity index (χ0n) is 9.49. The third-order valence-electron chi connectivity index (χ3n) is 3.55. The highest BCUT2D eigenvalue weighted by atomic mass is 16.2. The molecule has 3 heteroatoms. The highest BCUT2D eigenvalue weighted by Crippen LogP contribution is 2.53. The molecule has 0 aromatic heterocycles. The van der Waals surface area contributed by atoms with Crippen LogP contribution in [0.5, 0.6) is 0 Å². The van der Waals surface area contributed by atoms with E-state index >= 15 is 0 Å². The quantitative estimate of drug-likeness (QED) is 0.705. The molecule has 0 aromatic rings. The van der Waals surface area contributed by atoms with Crippen molar-refractivity contribution >= 4 is 5.91 Å². The normalized spacial score (nSPS) is 26.9. The number of amides is 1. The van der Waals surface area contributed by atoms with Crippen molar-refractivity contribution in [1.82, 2.24) is 4.90 Å². The Balaban J connectivity index is 1.93. The first kappa shape index (κ1) is 10.5. The van der Waals surface area contributed by atoms with Gasteiger partial charge in [0.25, 0.3) is 0 Å². The molecule has 2 aliphatic carbocycles. The van der Waals surface area contributed by atoms with Crippen molar-refractivity contribution < 1.29 is 4.79 Å². The summed E-state index contributed by atoms with van der Waals surface area (Å²) in [6.07, 6.45) is 3.74. The van der Waals surface area contributed by atoms with Crippen molar-refractivity contribution in [3.63, 3.8) is 0 Å². The summed E-state index contributed by atoms with van der Waals surface area (Å²) in [4.78, 5) is 14.1. The fraction of sp³-hybridized carbons (Fsp3) is 0.833. The summed E-state index contributed by atoms with van der Waals surface area (Å²) in [6, 6.07) is 2.57. The molecule has 0 radical (unpaired) electrons. The van der Waals surface area contributed by atoms with Gasteiger partial charge in [-0.3, -0.25) is 4.79 Å². The monoisotopic (exact) mass is 206 g/mol. The number of carbonyl (C=O) groups excluding carboxylic acids is 1. The molecule has 82 valence electrons. The molecule has 2 saturated carbocycles. The van der Waals surface area contributed by atoms with Gasteiger partial charge in [-0.1, -0.05) is 13.8 Å². The summed E-state index contributed by atoms with van der Waals surface area (Å²) in [6.45, 7) is 4.92. The van der Waals surface area contributed by atoms with Crippen LogP contribution in [0.2, 0.25) is 0 Å². The molecule has 0 aliphatic heterocycles. The summed E-state index contributed by atoms with van der Waals surface area (Å²) in [5.74, 6) is 0.509. The largest absolute Gasteiger partial charge is 0.338 e. The second-order valence-corrected chi connectivity index (χ2v) is 5.42. The van der Waals surface area contributed by atoms with E-state index in [1.54, 1.807) is 0 Å². The van der Waals surface area contributed by atoms with Crippen LogP contribution in [0.3, 0.4) is 0 Å². The van der Waals surface area contributed by atoms with Crippen molar-refractivity contribution in [2.45, 2.75) is 45.6 Å². The number of carbonyl (C=O) groups is 1. The van der Waals surface area contributed by atoms with Crippen LogP contribution in [0, 0.1) is 22.7 Å². The first-order chi connectivity index (χ1) is 7.06. The predicted octanol–water partition coefficient (Wildman–Crippen LogP) is 1.94. The van der Waals surface area contributed by atoms with Crippen LogP contribution in [0.25, 0.3) is 0 Å². The van der Waals surface area contributed by atoms with Gasteiger partial charge in [0.2, 0.25) is 5.91 Å². The Kier molecular flexibility index (Phi) is 2.46. The van der Waals surface area contributed by atoms with E-state index in [0.717, 1.165) is 19.3 Å². The molecule has 2 rings (SSSR count). The van der Waals surface area contributed by atoms with Crippen LogP contribution < -0.4 is 0 Å². The van der Waals surface area contributed by atoms with Crippen molar-refractivity contribution in [2.24, 2.45) is 11.3 Å². The summed E-state index contributed by atoms with van der Waals surface area (Å²) in [5.41, 5.74) is 0.205. The molecule has 3 nitrogen and oxygen atoms in total. The fourth-order valence-electron chi connectivity index (χ4n) is 2.12. The summed E-state index contributed by atoms with van der Waals surface area (Å²) in [5, 5.41) is 8.57. The topological polar surface area (TPSA) is 44.1 Å². The van der Waals surface area contributed by atoms with Gasteiger partial charge in [0.05, 0.1) is 12.5 Å². The van der Waals surface area contributed by atoms with E-state index in [1.807, 2.05) is 4.90 Å². The van der Waals surface area contributed by atoms with Crippen LogP contribution in [0.15, 0.2) is 0 Å². The van der Waals surface area contributed by atoms with Crippen LogP contribution in [0.1, 0.15) is 39.5 Å². The van der Waals surface area contributed by atoms with Gasteiger partial charge in [-0.2, -0.15) is 5.26 Å². The number of hydrogen-bond acceptors (Lipinski definition) is 2. The van der Waals surface area contributed by atoms with Gasteiger partial charge in [-0.05, 0) is 24.7 Å². The minimum absolute atomic E-state index is 0.205. The predicted molar refractivity (Wildman–Crippen MR) is 56.9 cm³/mol. The Morgan fingerprint density at radius 3 is 2.53 bits per heavy atom. The lowest BCUT2D eigenvalue weighted by Gasteiger charge is -2.22. The molecule has 2 fully saturated rings. The van der Waals surface area contributed by atoms with Gasteiger partial charge < -0.3 is 4.90 Å². The maximum Gasteiger partial charge on any atom is 0.226 e. The highest BCUT2D eigenvalue weighted by Gasteiger charge is 2.53. The van der Waals surface area contributed by atoms with Crippen LogP contribution >= 0.6 is 0 Å². The lowest BCUT2D eigenvalue weighted by Crippen LogP contribution is -2.36. The van der Waals surface area contributed by atoms with Gasteiger partial charge in [0, 0.05) is 18.5 Å². The standard InChI is InChI=1S/C12H18N2O/c1-12(2)8-10(12)11(15)14(7-3-6-13)9-4-5-9/h9-10H,3-5,7-8H2,1-2H3. The SMILES string of the molecule is CC1(C)CC1C(=O)N(CCC#N)C1CC1. The molecular weight excluding hydrogens is 188 g/mol. The van der Waals surface area contributed by atoms with Crippen LogP contribution in [-0.4, -0.2) is 23.4 Å². The zero-order valence-corrected chi connectivity index (χ0v) is 9.49. The van der Waals surface area contributed by atoms with E-state index in [1.165, 1.54) is 0 Å². The maximum atomic E-state index is 12.1. The molecule has 0 N–H and O–H groups in total. The maximum absolute atomic E-state index is 12.1. The van der Waals surface area contributed by atoms with E-state index < -0.39 is 0 Å².